The number of benzene rings is 1. The summed E-state index contributed by atoms with van der Waals surface area (Å²) in [4.78, 5) is 39.5. The average molecular weight is 379 g/mol. The summed E-state index contributed by atoms with van der Waals surface area (Å²) in [7, 11) is 0. The zero-order chi connectivity index (χ0) is 20.0. The normalized spacial score (nSPS) is 24.4. The van der Waals surface area contributed by atoms with Crippen molar-refractivity contribution in [3.8, 4) is 0 Å². The molecule has 0 spiro atoms. The van der Waals surface area contributed by atoms with Gasteiger partial charge in [-0.1, -0.05) is 6.92 Å². The van der Waals surface area contributed by atoms with Crippen LogP contribution in [0.5, 0.6) is 0 Å². The molecular weight excluding hydrogens is 354 g/mol. The van der Waals surface area contributed by atoms with Gasteiger partial charge in [-0.3, -0.25) is 29.4 Å². The first-order valence-electron chi connectivity index (χ1n) is 9.81. The van der Waals surface area contributed by atoms with Crippen molar-refractivity contribution >= 4 is 23.4 Å². The molecule has 0 unspecified atom stereocenters. The van der Waals surface area contributed by atoms with Crippen molar-refractivity contribution in [1.82, 2.24) is 4.68 Å². The summed E-state index contributed by atoms with van der Waals surface area (Å²) in [5.74, 6) is -0.347. The fraction of sp³-hybridized carbons (Fsp3) is 0.409. The molecule has 1 N–H and O–H groups in total. The van der Waals surface area contributed by atoms with Crippen molar-refractivity contribution in [2.75, 3.05) is 10.3 Å². The standard InChI is InChI=1S/C22H25N3O3/c1-13-4-11-18-19(12-13)22(28)24(21(18)27)17-9-7-16(8-10-17)20(26)23-25-14(2)5-6-15(25)3/h5-10,13,18-19H,4,11-12H2,1-3H3,(H,23,26)/t13-,18+,19+/m0/s1. The van der Waals surface area contributed by atoms with E-state index in [0.717, 1.165) is 30.7 Å². The van der Waals surface area contributed by atoms with Crippen LogP contribution in [-0.4, -0.2) is 22.4 Å². The highest BCUT2D eigenvalue weighted by Gasteiger charge is 2.49. The number of amides is 3. The van der Waals surface area contributed by atoms with Crippen LogP contribution in [0.15, 0.2) is 36.4 Å². The molecule has 2 aliphatic rings. The van der Waals surface area contributed by atoms with Gasteiger partial charge >= 0.3 is 0 Å². The molecule has 1 aromatic heterocycles. The molecule has 1 aromatic carbocycles. The van der Waals surface area contributed by atoms with Crippen LogP contribution < -0.4 is 10.3 Å². The summed E-state index contributed by atoms with van der Waals surface area (Å²) in [6, 6.07) is 10.5. The lowest BCUT2D eigenvalue weighted by Crippen LogP contribution is -2.31. The zero-order valence-corrected chi connectivity index (χ0v) is 16.4. The molecule has 6 heteroatoms. The molecule has 1 aliphatic carbocycles. The van der Waals surface area contributed by atoms with Crippen molar-refractivity contribution in [1.29, 1.82) is 0 Å². The Morgan fingerprint density at radius 3 is 2.18 bits per heavy atom. The van der Waals surface area contributed by atoms with Crippen LogP contribution in [0.4, 0.5) is 5.69 Å². The third-order valence-electron chi connectivity index (χ3n) is 6.06. The monoisotopic (exact) mass is 379 g/mol. The Morgan fingerprint density at radius 2 is 1.54 bits per heavy atom. The Kier molecular flexibility index (Phi) is 4.57. The van der Waals surface area contributed by atoms with E-state index in [9.17, 15) is 14.4 Å². The fourth-order valence-electron chi connectivity index (χ4n) is 4.42. The summed E-state index contributed by atoms with van der Waals surface area (Å²) in [5, 5.41) is 0. The smallest absolute Gasteiger partial charge is 0.270 e. The molecule has 1 saturated carbocycles. The Labute approximate surface area is 164 Å². The molecule has 6 nitrogen and oxygen atoms in total. The minimum Gasteiger partial charge on any atom is -0.274 e. The second kappa shape index (κ2) is 6.93. The van der Waals surface area contributed by atoms with Crippen LogP contribution in [0.1, 0.15) is 47.9 Å². The highest BCUT2D eigenvalue weighted by atomic mass is 16.2. The van der Waals surface area contributed by atoms with E-state index >= 15 is 0 Å². The lowest BCUT2D eigenvalue weighted by molar-refractivity contribution is -0.122. The molecule has 146 valence electrons. The molecule has 1 aliphatic heterocycles. The van der Waals surface area contributed by atoms with E-state index < -0.39 is 0 Å². The van der Waals surface area contributed by atoms with Crippen molar-refractivity contribution in [2.45, 2.75) is 40.0 Å². The summed E-state index contributed by atoms with van der Waals surface area (Å²) in [6.45, 7) is 5.97. The second-order valence-electron chi connectivity index (χ2n) is 8.08. The number of fused-ring (bicyclic) bond motifs is 1. The number of nitrogens with zero attached hydrogens (tertiary/aromatic N) is 2. The van der Waals surface area contributed by atoms with Gasteiger partial charge in [0.05, 0.1) is 17.5 Å². The average Bonchev–Trinajstić information content (AvgIpc) is 3.12. The van der Waals surface area contributed by atoms with E-state index in [1.807, 2.05) is 26.0 Å². The summed E-state index contributed by atoms with van der Waals surface area (Å²) < 4.78 is 1.73. The summed E-state index contributed by atoms with van der Waals surface area (Å²) in [6.07, 6.45) is 2.55. The largest absolute Gasteiger partial charge is 0.274 e. The van der Waals surface area contributed by atoms with Gasteiger partial charge in [0.15, 0.2) is 0 Å². The summed E-state index contributed by atoms with van der Waals surface area (Å²) >= 11 is 0. The molecule has 0 radical (unpaired) electrons. The van der Waals surface area contributed by atoms with Crippen molar-refractivity contribution in [3.05, 3.63) is 53.3 Å². The van der Waals surface area contributed by atoms with E-state index in [0.29, 0.717) is 17.2 Å². The number of aromatic nitrogens is 1. The van der Waals surface area contributed by atoms with Crippen LogP contribution in [0.25, 0.3) is 0 Å². The topological polar surface area (TPSA) is 71.4 Å². The van der Waals surface area contributed by atoms with Crippen LogP contribution >= 0.6 is 0 Å². The molecule has 1 saturated heterocycles. The van der Waals surface area contributed by atoms with Gasteiger partial charge in [-0.2, -0.15) is 0 Å². The first-order valence-corrected chi connectivity index (χ1v) is 9.81. The van der Waals surface area contributed by atoms with Crippen molar-refractivity contribution < 1.29 is 14.4 Å². The summed E-state index contributed by atoms with van der Waals surface area (Å²) in [5.41, 5.74) is 5.75. The molecule has 3 amide bonds. The van der Waals surface area contributed by atoms with Gasteiger partial charge in [-0.05, 0) is 75.4 Å². The van der Waals surface area contributed by atoms with Gasteiger partial charge in [0.1, 0.15) is 0 Å². The van der Waals surface area contributed by atoms with Crippen LogP contribution in [-0.2, 0) is 9.59 Å². The first kappa shape index (κ1) is 18.5. The second-order valence-corrected chi connectivity index (χ2v) is 8.08. The van der Waals surface area contributed by atoms with E-state index in [1.165, 1.54) is 4.90 Å². The number of hydrogen-bond donors (Lipinski definition) is 1. The molecule has 4 rings (SSSR count). The number of nitrogens with one attached hydrogen (secondary N) is 1. The molecule has 2 heterocycles. The number of carbonyl (C=O) groups excluding carboxylic acids is 3. The molecule has 2 fully saturated rings. The fourth-order valence-corrected chi connectivity index (χ4v) is 4.42. The number of rotatable bonds is 3. The number of aryl methyl sites for hydroxylation is 2. The maximum absolute atomic E-state index is 12.8. The van der Waals surface area contributed by atoms with Gasteiger partial charge in [0.2, 0.25) is 11.8 Å². The SMILES string of the molecule is Cc1ccc(C)n1NC(=O)c1ccc(N2C(=O)[C@@H]3CC[C@H](C)C[C@H]3C2=O)cc1. The van der Waals surface area contributed by atoms with Crippen LogP contribution in [0.2, 0.25) is 0 Å². The highest BCUT2D eigenvalue weighted by Crippen LogP contribution is 2.42. The molecule has 28 heavy (non-hydrogen) atoms. The molecule has 0 bridgehead atoms. The predicted octanol–water partition coefficient (Wildman–Crippen LogP) is 3.41. The van der Waals surface area contributed by atoms with Gasteiger partial charge in [0.25, 0.3) is 5.91 Å². The van der Waals surface area contributed by atoms with Gasteiger partial charge in [-0.15, -0.1) is 0 Å². The Bertz CT molecular complexity index is 925. The van der Waals surface area contributed by atoms with Crippen LogP contribution in [0.3, 0.4) is 0 Å². The first-order chi connectivity index (χ1) is 13.4. The Hall–Kier alpha value is -2.89. The van der Waals surface area contributed by atoms with E-state index in [1.54, 1.807) is 28.9 Å². The molecular formula is C22H25N3O3. The van der Waals surface area contributed by atoms with E-state index in [-0.39, 0.29) is 29.6 Å². The Morgan fingerprint density at radius 1 is 0.929 bits per heavy atom. The number of imide groups is 1. The van der Waals surface area contributed by atoms with E-state index in [2.05, 4.69) is 12.3 Å². The number of anilines is 1. The zero-order valence-electron chi connectivity index (χ0n) is 16.4. The maximum Gasteiger partial charge on any atom is 0.270 e. The van der Waals surface area contributed by atoms with Gasteiger partial charge in [0, 0.05) is 17.0 Å². The minimum absolute atomic E-state index is 0.0994. The quantitative estimate of drug-likeness (QED) is 0.831. The maximum atomic E-state index is 12.8. The van der Waals surface area contributed by atoms with E-state index in [4.69, 9.17) is 0 Å². The van der Waals surface area contributed by atoms with Crippen molar-refractivity contribution in [3.63, 3.8) is 0 Å². The lowest BCUT2D eigenvalue weighted by Gasteiger charge is -2.25. The van der Waals surface area contributed by atoms with Gasteiger partial charge < -0.3 is 0 Å². The van der Waals surface area contributed by atoms with Crippen molar-refractivity contribution in [2.24, 2.45) is 17.8 Å². The third kappa shape index (κ3) is 3.03. The number of carbonyl (C=O) groups is 3. The number of hydrogen-bond acceptors (Lipinski definition) is 3. The third-order valence-corrected chi connectivity index (χ3v) is 6.06. The predicted molar refractivity (Wildman–Crippen MR) is 107 cm³/mol. The van der Waals surface area contributed by atoms with Crippen LogP contribution in [0, 0.1) is 31.6 Å². The lowest BCUT2D eigenvalue weighted by atomic mass is 9.76. The molecule has 3 atom stereocenters. The van der Waals surface area contributed by atoms with Gasteiger partial charge in [-0.25, -0.2) is 0 Å². The Balaban J connectivity index is 1.52. The molecule has 2 aromatic rings. The minimum atomic E-state index is -0.240. The highest BCUT2D eigenvalue weighted by molar-refractivity contribution is 6.22.